The Kier molecular flexibility index (Phi) is 6.51. The van der Waals surface area contributed by atoms with Crippen molar-refractivity contribution in [2.75, 3.05) is 5.73 Å². The van der Waals surface area contributed by atoms with Gasteiger partial charge in [-0.3, -0.25) is 4.98 Å². The van der Waals surface area contributed by atoms with E-state index >= 15 is 0 Å². The summed E-state index contributed by atoms with van der Waals surface area (Å²) in [5.74, 6) is 0. The standard InChI is InChI=1S/C24H26N2/c1-6-11-17(5)22(19(12-7-2)13-8-3)21-16-18(9-4)23(25)24-20(21)14-10-15-26-24/h6-16H,2,4,25H2,1,3,5H3/b11-6-,13-8-,19-12+,22-17-. The minimum atomic E-state index is 0.655. The van der Waals surface area contributed by atoms with Gasteiger partial charge in [0.2, 0.25) is 0 Å². The number of fused-ring (bicyclic) bond motifs is 1. The Balaban J connectivity index is 3.01. The summed E-state index contributed by atoms with van der Waals surface area (Å²) < 4.78 is 0. The van der Waals surface area contributed by atoms with E-state index in [1.807, 2.05) is 44.2 Å². The van der Waals surface area contributed by atoms with E-state index in [0.717, 1.165) is 38.7 Å². The van der Waals surface area contributed by atoms with Crippen LogP contribution in [-0.2, 0) is 0 Å². The molecule has 1 aromatic heterocycles. The van der Waals surface area contributed by atoms with Crippen LogP contribution in [0.3, 0.4) is 0 Å². The summed E-state index contributed by atoms with van der Waals surface area (Å²) >= 11 is 0. The topological polar surface area (TPSA) is 38.9 Å². The van der Waals surface area contributed by atoms with Gasteiger partial charge in [0.05, 0.1) is 11.2 Å². The quantitative estimate of drug-likeness (QED) is 0.481. The number of allylic oxidation sites excluding steroid dienone is 9. The molecule has 0 saturated heterocycles. The van der Waals surface area contributed by atoms with Crippen LogP contribution in [0, 0.1) is 0 Å². The van der Waals surface area contributed by atoms with Gasteiger partial charge in [-0.05, 0) is 60.8 Å². The van der Waals surface area contributed by atoms with Crippen LogP contribution in [0.5, 0.6) is 0 Å². The number of benzene rings is 1. The van der Waals surface area contributed by atoms with Crippen molar-refractivity contribution in [3.8, 4) is 0 Å². The highest BCUT2D eigenvalue weighted by molar-refractivity contribution is 6.04. The highest BCUT2D eigenvalue weighted by Gasteiger charge is 2.16. The molecule has 132 valence electrons. The number of hydrogen-bond acceptors (Lipinski definition) is 2. The molecule has 0 aliphatic rings. The average Bonchev–Trinajstić information content (AvgIpc) is 2.64. The maximum absolute atomic E-state index is 6.32. The highest BCUT2D eigenvalue weighted by atomic mass is 14.7. The van der Waals surface area contributed by atoms with Gasteiger partial charge in [0.15, 0.2) is 0 Å². The molecule has 26 heavy (non-hydrogen) atoms. The lowest BCUT2D eigenvalue weighted by Crippen LogP contribution is -1.99. The molecule has 2 rings (SSSR count). The molecule has 2 nitrogen and oxygen atoms in total. The third-order valence-electron chi connectivity index (χ3n) is 4.20. The van der Waals surface area contributed by atoms with Gasteiger partial charge in [-0.2, -0.15) is 0 Å². The first-order valence-corrected chi connectivity index (χ1v) is 8.68. The van der Waals surface area contributed by atoms with Gasteiger partial charge in [0.25, 0.3) is 0 Å². The second-order valence-electron chi connectivity index (χ2n) is 5.95. The van der Waals surface area contributed by atoms with Crippen LogP contribution in [0.1, 0.15) is 31.9 Å². The number of rotatable bonds is 6. The Bertz CT molecular complexity index is 954. The number of pyridine rings is 1. The summed E-state index contributed by atoms with van der Waals surface area (Å²) in [4.78, 5) is 4.52. The predicted octanol–water partition coefficient (Wildman–Crippen LogP) is 6.50. The van der Waals surface area contributed by atoms with Gasteiger partial charge in [-0.1, -0.05) is 61.8 Å². The maximum atomic E-state index is 6.32. The van der Waals surface area contributed by atoms with Crippen LogP contribution in [-0.4, -0.2) is 4.98 Å². The smallest absolute Gasteiger partial charge is 0.0943 e. The lowest BCUT2D eigenvalue weighted by Gasteiger charge is -2.17. The van der Waals surface area contributed by atoms with Crippen LogP contribution in [0.4, 0.5) is 5.69 Å². The lowest BCUT2D eigenvalue weighted by atomic mass is 9.88. The van der Waals surface area contributed by atoms with Gasteiger partial charge in [-0.15, -0.1) is 0 Å². The fraction of sp³-hybridized carbons (Fsp3) is 0.125. The van der Waals surface area contributed by atoms with Crippen molar-refractivity contribution in [1.82, 2.24) is 4.98 Å². The van der Waals surface area contributed by atoms with Crippen LogP contribution < -0.4 is 5.73 Å². The minimum absolute atomic E-state index is 0.655. The first-order chi connectivity index (χ1) is 12.6. The lowest BCUT2D eigenvalue weighted by molar-refractivity contribution is 1.40. The molecule has 0 unspecified atom stereocenters. The molecule has 0 radical (unpaired) electrons. The van der Waals surface area contributed by atoms with Crippen molar-refractivity contribution < 1.29 is 0 Å². The fourth-order valence-corrected chi connectivity index (χ4v) is 3.12. The van der Waals surface area contributed by atoms with E-state index in [-0.39, 0.29) is 0 Å². The molecule has 0 amide bonds. The maximum Gasteiger partial charge on any atom is 0.0943 e. The number of anilines is 1. The average molecular weight is 342 g/mol. The van der Waals surface area contributed by atoms with Gasteiger partial charge < -0.3 is 5.73 Å². The second-order valence-corrected chi connectivity index (χ2v) is 5.95. The zero-order valence-corrected chi connectivity index (χ0v) is 15.8. The molecule has 2 heteroatoms. The van der Waals surface area contributed by atoms with E-state index in [9.17, 15) is 0 Å². The first-order valence-electron chi connectivity index (χ1n) is 8.68. The molecule has 0 aliphatic heterocycles. The number of aromatic nitrogens is 1. The normalized spacial score (nSPS) is 13.4. The van der Waals surface area contributed by atoms with Crippen LogP contribution in [0.25, 0.3) is 22.6 Å². The largest absolute Gasteiger partial charge is 0.396 e. The summed E-state index contributed by atoms with van der Waals surface area (Å²) in [5.41, 5.74) is 13.1. The fourth-order valence-electron chi connectivity index (χ4n) is 3.12. The van der Waals surface area contributed by atoms with E-state index in [2.05, 4.69) is 49.4 Å². The zero-order valence-electron chi connectivity index (χ0n) is 15.8. The summed E-state index contributed by atoms with van der Waals surface area (Å²) in [6, 6.07) is 6.09. The van der Waals surface area contributed by atoms with Crippen LogP contribution >= 0.6 is 0 Å². The molecule has 2 N–H and O–H groups in total. The van der Waals surface area contributed by atoms with E-state index in [1.165, 1.54) is 0 Å². The number of nitrogen functional groups attached to an aromatic ring is 1. The van der Waals surface area contributed by atoms with Gasteiger partial charge in [0.1, 0.15) is 0 Å². The van der Waals surface area contributed by atoms with Crippen molar-refractivity contribution >= 4 is 28.2 Å². The Morgan fingerprint density at radius 1 is 1.15 bits per heavy atom. The summed E-state index contributed by atoms with van der Waals surface area (Å²) in [7, 11) is 0. The SMILES string of the molecule is C=C/C=C(\C=C/C)C(=C(C)/C=C\C)/c1cc(C=C)c(N)c2ncccc12. The molecule has 1 aromatic carbocycles. The van der Waals surface area contributed by atoms with Crippen molar-refractivity contribution in [3.05, 3.63) is 96.3 Å². The first kappa shape index (κ1) is 19.2. The Labute approximate surface area is 156 Å². The summed E-state index contributed by atoms with van der Waals surface area (Å²) in [6.45, 7) is 13.9. The third kappa shape index (κ3) is 3.75. The minimum Gasteiger partial charge on any atom is -0.396 e. The molecule has 0 aliphatic carbocycles. The summed E-state index contributed by atoms with van der Waals surface area (Å²) in [5, 5.41) is 1.02. The molecule has 0 fully saturated rings. The third-order valence-corrected chi connectivity index (χ3v) is 4.20. The zero-order chi connectivity index (χ0) is 19.1. The molecule has 0 spiro atoms. The Hall–Kier alpha value is -3.13. The van der Waals surface area contributed by atoms with Crippen LogP contribution in [0.2, 0.25) is 0 Å². The van der Waals surface area contributed by atoms with E-state index in [1.54, 1.807) is 12.3 Å². The monoisotopic (exact) mass is 342 g/mol. The van der Waals surface area contributed by atoms with Crippen molar-refractivity contribution in [1.29, 1.82) is 0 Å². The molecule has 1 heterocycles. The van der Waals surface area contributed by atoms with Crippen molar-refractivity contribution in [2.45, 2.75) is 20.8 Å². The number of hydrogen-bond donors (Lipinski definition) is 1. The molecular weight excluding hydrogens is 316 g/mol. The van der Waals surface area contributed by atoms with E-state index in [0.29, 0.717) is 5.69 Å². The van der Waals surface area contributed by atoms with Gasteiger partial charge in [-0.25, -0.2) is 0 Å². The Morgan fingerprint density at radius 3 is 2.50 bits per heavy atom. The van der Waals surface area contributed by atoms with Crippen molar-refractivity contribution in [2.24, 2.45) is 0 Å². The number of nitrogens with zero attached hydrogens (tertiary/aromatic N) is 1. The molecular formula is C24H26N2. The molecule has 0 saturated carbocycles. The van der Waals surface area contributed by atoms with E-state index < -0.39 is 0 Å². The van der Waals surface area contributed by atoms with Crippen molar-refractivity contribution in [3.63, 3.8) is 0 Å². The predicted molar refractivity (Wildman–Crippen MR) is 117 cm³/mol. The Morgan fingerprint density at radius 2 is 1.88 bits per heavy atom. The van der Waals surface area contributed by atoms with Gasteiger partial charge in [0, 0.05) is 11.6 Å². The highest BCUT2D eigenvalue weighted by Crippen LogP contribution is 2.37. The molecule has 0 bridgehead atoms. The number of nitrogens with two attached hydrogens (primary N) is 1. The second kappa shape index (κ2) is 8.82. The van der Waals surface area contributed by atoms with Gasteiger partial charge >= 0.3 is 0 Å². The van der Waals surface area contributed by atoms with Crippen LogP contribution in [0.15, 0.2) is 85.2 Å². The molecule has 0 atom stereocenters. The summed E-state index contributed by atoms with van der Waals surface area (Å²) in [6.07, 6.45) is 15.7. The van der Waals surface area contributed by atoms with E-state index in [4.69, 9.17) is 5.73 Å². The molecule has 2 aromatic rings.